The molecule has 0 saturated heterocycles. The van der Waals surface area contributed by atoms with Crippen molar-refractivity contribution in [2.75, 3.05) is 6.61 Å². The second-order valence-electron chi connectivity index (χ2n) is 2.69. The Morgan fingerprint density at radius 1 is 1.46 bits per heavy atom. The third kappa shape index (κ3) is 5.69. The van der Waals surface area contributed by atoms with Crippen LogP contribution in [0.2, 0.25) is 0 Å². The molecule has 1 atom stereocenters. The number of nitriles is 2. The van der Waals surface area contributed by atoms with Gasteiger partial charge in [0.15, 0.2) is 0 Å². The maximum atomic E-state index is 11.0. The molecule has 70 valence electrons. The van der Waals surface area contributed by atoms with E-state index in [1.54, 1.807) is 6.92 Å². The van der Waals surface area contributed by atoms with Crippen LogP contribution in [0, 0.1) is 28.6 Å². The van der Waals surface area contributed by atoms with E-state index in [0.717, 1.165) is 0 Å². The van der Waals surface area contributed by atoms with Crippen molar-refractivity contribution in [2.24, 2.45) is 5.92 Å². The zero-order valence-corrected chi connectivity index (χ0v) is 7.62. The second kappa shape index (κ2) is 7.12. The molecule has 0 aromatic carbocycles. The van der Waals surface area contributed by atoms with Crippen molar-refractivity contribution < 1.29 is 9.53 Å². The molecule has 13 heavy (non-hydrogen) atoms. The fraction of sp³-hybridized carbons (Fsp3) is 0.667. The minimum Gasteiger partial charge on any atom is -0.465 e. The number of esters is 1. The molecule has 0 fully saturated rings. The number of carbonyl (C=O) groups excluding carboxylic acids is 1. The smallest absolute Gasteiger partial charge is 0.309 e. The Kier molecular flexibility index (Phi) is 6.27. The van der Waals surface area contributed by atoms with Crippen molar-refractivity contribution in [1.82, 2.24) is 0 Å². The van der Waals surface area contributed by atoms with Crippen molar-refractivity contribution in [3.8, 4) is 12.1 Å². The van der Waals surface area contributed by atoms with Crippen LogP contribution in [0.1, 0.15) is 26.2 Å². The van der Waals surface area contributed by atoms with Crippen molar-refractivity contribution >= 4 is 5.97 Å². The summed E-state index contributed by atoms with van der Waals surface area (Å²) in [6.45, 7) is 1.91. The summed E-state index contributed by atoms with van der Waals surface area (Å²) in [5.74, 6) is -0.730. The van der Waals surface area contributed by atoms with Crippen LogP contribution in [0.4, 0.5) is 0 Å². The minimum atomic E-state index is -0.368. The number of hydrogen-bond donors (Lipinski definition) is 0. The first kappa shape index (κ1) is 11.4. The van der Waals surface area contributed by atoms with Gasteiger partial charge in [-0.15, -0.1) is 0 Å². The summed E-state index contributed by atoms with van der Waals surface area (Å²) in [6.07, 6.45) is 1.12. The Bertz CT molecular complexity index is 237. The molecule has 1 unspecified atom stereocenters. The predicted octanol–water partition coefficient (Wildman–Crippen LogP) is 1.38. The Morgan fingerprint density at radius 3 is 2.69 bits per heavy atom. The molecular formula is C9H12N2O2. The summed E-state index contributed by atoms with van der Waals surface area (Å²) in [5, 5.41) is 16.5. The van der Waals surface area contributed by atoms with Gasteiger partial charge in [-0.05, 0) is 6.42 Å². The highest BCUT2D eigenvalue weighted by Gasteiger charge is 2.12. The van der Waals surface area contributed by atoms with Crippen LogP contribution in [0.5, 0.6) is 0 Å². The third-order valence-electron chi connectivity index (χ3n) is 1.48. The van der Waals surface area contributed by atoms with E-state index in [9.17, 15) is 4.79 Å². The lowest BCUT2D eigenvalue weighted by Crippen LogP contribution is -2.14. The molecule has 0 amide bonds. The topological polar surface area (TPSA) is 73.9 Å². The predicted molar refractivity (Wildman–Crippen MR) is 45.2 cm³/mol. The van der Waals surface area contributed by atoms with Gasteiger partial charge in [0, 0.05) is 12.8 Å². The van der Waals surface area contributed by atoms with Crippen molar-refractivity contribution in [3.63, 3.8) is 0 Å². The van der Waals surface area contributed by atoms with Gasteiger partial charge in [-0.25, -0.2) is 0 Å². The first-order valence-corrected chi connectivity index (χ1v) is 4.13. The number of ether oxygens (including phenoxy) is 1. The van der Waals surface area contributed by atoms with Gasteiger partial charge in [-0.3, -0.25) is 4.79 Å². The average molecular weight is 180 g/mol. The first-order valence-electron chi connectivity index (χ1n) is 4.13. The zero-order valence-electron chi connectivity index (χ0n) is 7.62. The van der Waals surface area contributed by atoms with Gasteiger partial charge in [0.1, 0.15) is 0 Å². The third-order valence-corrected chi connectivity index (χ3v) is 1.48. The highest BCUT2D eigenvalue weighted by Crippen LogP contribution is 2.03. The van der Waals surface area contributed by atoms with Crippen molar-refractivity contribution in [3.05, 3.63) is 0 Å². The van der Waals surface area contributed by atoms with E-state index in [0.29, 0.717) is 12.8 Å². The summed E-state index contributed by atoms with van der Waals surface area (Å²) >= 11 is 0. The lowest BCUT2D eigenvalue weighted by atomic mass is 10.1. The molecule has 4 nitrogen and oxygen atoms in total. The van der Waals surface area contributed by atoms with E-state index in [-0.39, 0.29) is 24.9 Å². The van der Waals surface area contributed by atoms with Gasteiger partial charge in [0.2, 0.25) is 0 Å². The van der Waals surface area contributed by atoms with Gasteiger partial charge in [0.05, 0.1) is 24.7 Å². The molecule has 0 aromatic rings. The number of nitrogens with zero attached hydrogens (tertiary/aromatic N) is 2. The molecule has 0 rings (SSSR count). The van der Waals surface area contributed by atoms with Crippen LogP contribution in [0.15, 0.2) is 0 Å². The number of rotatable bonds is 5. The largest absolute Gasteiger partial charge is 0.465 e. The monoisotopic (exact) mass is 180 g/mol. The molecule has 0 heterocycles. The molecule has 0 aliphatic heterocycles. The summed E-state index contributed by atoms with van der Waals surface area (Å²) in [7, 11) is 0. The van der Waals surface area contributed by atoms with Crippen LogP contribution < -0.4 is 0 Å². The zero-order chi connectivity index (χ0) is 10.1. The summed E-state index contributed by atoms with van der Waals surface area (Å²) in [4.78, 5) is 11.0. The van der Waals surface area contributed by atoms with Gasteiger partial charge < -0.3 is 4.74 Å². The fourth-order valence-electron chi connectivity index (χ4n) is 0.687. The van der Waals surface area contributed by atoms with Gasteiger partial charge in [-0.1, -0.05) is 6.92 Å². The molecule has 0 bridgehead atoms. The maximum Gasteiger partial charge on any atom is 0.309 e. The standard InChI is InChI=1S/C9H12N2O2/c1-8(4-6-11)9(12)13-7-3-2-5-10/h8H,2-4,7H2,1H3. The lowest BCUT2D eigenvalue weighted by Gasteiger charge is -2.06. The highest BCUT2D eigenvalue weighted by molar-refractivity contribution is 5.72. The van der Waals surface area contributed by atoms with E-state index in [1.165, 1.54) is 0 Å². The van der Waals surface area contributed by atoms with E-state index in [2.05, 4.69) is 0 Å². The van der Waals surface area contributed by atoms with Gasteiger partial charge in [-0.2, -0.15) is 10.5 Å². The number of carbonyl (C=O) groups is 1. The number of hydrogen-bond acceptors (Lipinski definition) is 4. The van der Waals surface area contributed by atoms with E-state index >= 15 is 0 Å². The maximum absolute atomic E-state index is 11.0. The fourth-order valence-corrected chi connectivity index (χ4v) is 0.687. The molecule has 0 aliphatic rings. The SMILES string of the molecule is CC(CC#N)C(=O)OCCCC#N. The van der Waals surface area contributed by atoms with Crippen LogP contribution in [-0.4, -0.2) is 12.6 Å². The quantitative estimate of drug-likeness (QED) is 0.473. The van der Waals surface area contributed by atoms with E-state index in [1.807, 2.05) is 12.1 Å². The van der Waals surface area contributed by atoms with Crippen LogP contribution in [0.3, 0.4) is 0 Å². The van der Waals surface area contributed by atoms with Crippen LogP contribution in [-0.2, 0) is 9.53 Å². The second-order valence-corrected chi connectivity index (χ2v) is 2.69. The first-order chi connectivity index (χ1) is 6.22. The molecule has 0 N–H and O–H groups in total. The molecule has 0 aromatic heterocycles. The summed E-state index contributed by atoms with van der Waals surface area (Å²) in [5.41, 5.74) is 0. The average Bonchev–Trinajstić information content (AvgIpc) is 2.12. The van der Waals surface area contributed by atoms with Gasteiger partial charge >= 0.3 is 5.97 Å². The lowest BCUT2D eigenvalue weighted by molar-refractivity contribution is -0.147. The molecular weight excluding hydrogens is 168 g/mol. The van der Waals surface area contributed by atoms with Crippen molar-refractivity contribution in [1.29, 1.82) is 10.5 Å². The molecule has 0 radical (unpaired) electrons. The molecule has 0 saturated carbocycles. The highest BCUT2D eigenvalue weighted by atomic mass is 16.5. The summed E-state index contributed by atoms with van der Waals surface area (Å²) in [6, 6.07) is 3.85. The Hall–Kier alpha value is -1.55. The van der Waals surface area contributed by atoms with Crippen LogP contribution >= 0.6 is 0 Å². The van der Waals surface area contributed by atoms with Gasteiger partial charge in [0.25, 0.3) is 0 Å². The number of unbranched alkanes of at least 4 members (excludes halogenated alkanes) is 1. The minimum absolute atomic E-state index is 0.178. The Labute approximate surface area is 77.7 Å². The summed E-state index contributed by atoms with van der Waals surface area (Å²) < 4.78 is 4.82. The molecule has 0 spiro atoms. The van der Waals surface area contributed by atoms with Crippen molar-refractivity contribution in [2.45, 2.75) is 26.2 Å². The van der Waals surface area contributed by atoms with E-state index in [4.69, 9.17) is 15.3 Å². The normalized spacial score (nSPS) is 11.0. The Morgan fingerprint density at radius 2 is 2.15 bits per heavy atom. The molecule has 4 heteroatoms. The Balaban J connectivity index is 3.52. The molecule has 0 aliphatic carbocycles. The van der Waals surface area contributed by atoms with Crippen LogP contribution in [0.25, 0.3) is 0 Å². The van der Waals surface area contributed by atoms with E-state index < -0.39 is 0 Å².